The topological polar surface area (TPSA) is 45.2 Å². The standard InChI is InChI=1S/C22H23N3OS/c1-15-6-4-5-7-18(15)19-14-23-21(27-19)24-20(26)22(12-13-22)16-8-10-17(11-9-16)25(2)3/h4-11,14H,12-13H2,1-3H3,(H,23,24,26). The van der Waals surface area contributed by atoms with Crippen molar-refractivity contribution in [2.24, 2.45) is 0 Å². The Morgan fingerprint density at radius 3 is 2.44 bits per heavy atom. The van der Waals surface area contributed by atoms with Gasteiger partial charge in [-0.2, -0.15) is 0 Å². The summed E-state index contributed by atoms with van der Waals surface area (Å²) in [5, 5.41) is 3.71. The first-order valence-electron chi connectivity index (χ1n) is 9.11. The van der Waals surface area contributed by atoms with Gasteiger partial charge in [-0.05, 0) is 48.6 Å². The van der Waals surface area contributed by atoms with Crippen molar-refractivity contribution in [3.05, 3.63) is 65.9 Å². The Balaban J connectivity index is 1.52. The van der Waals surface area contributed by atoms with Gasteiger partial charge in [0.1, 0.15) is 0 Å². The fourth-order valence-electron chi connectivity index (χ4n) is 3.37. The quantitative estimate of drug-likeness (QED) is 0.691. The van der Waals surface area contributed by atoms with E-state index in [4.69, 9.17) is 0 Å². The zero-order valence-corrected chi connectivity index (χ0v) is 16.6. The number of hydrogen-bond acceptors (Lipinski definition) is 4. The summed E-state index contributed by atoms with van der Waals surface area (Å²) in [6.45, 7) is 2.09. The van der Waals surface area contributed by atoms with Gasteiger partial charge < -0.3 is 10.2 Å². The smallest absolute Gasteiger partial charge is 0.236 e. The first kappa shape index (κ1) is 17.7. The number of benzene rings is 2. The van der Waals surface area contributed by atoms with Gasteiger partial charge in [-0.15, -0.1) is 0 Å². The summed E-state index contributed by atoms with van der Waals surface area (Å²) in [7, 11) is 4.03. The van der Waals surface area contributed by atoms with Crippen LogP contribution in [-0.2, 0) is 10.2 Å². The molecule has 0 aliphatic heterocycles. The number of aromatic nitrogens is 1. The Hall–Kier alpha value is -2.66. The van der Waals surface area contributed by atoms with Gasteiger partial charge in [0.2, 0.25) is 5.91 Å². The van der Waals surface area contributed by atoms with Crippen molar-refractivity contribution in [2.45, 2.75) is 25.2 Å². The Labute approximate surface area is 163 Å². The van der Waals surface area contributed by atoms with Crippen molar-refractivity contribution in [1.82, 2.24) is 4.98 Å². The van der Waals surface area contributed by atoms with Gasteiger partial charge in [-0.3, -0.25) is 4.79 Å². The first-order chi connectivity index (χ1) is 13.0. The largest absolute Gasteiger partial charge is 0.378 e. The molecule has 0 radical (unpaired) electrons. The molecule has 4 rings (SSSR count). The lowest BCUT2D eigenvalue weighted by Crippen LogP contribution is -2.27. The van der Waals surface area contributed by atoms with Gasteiger partial charge in [0, 0.05) is 26.0 Å². The molecule has 138 valence electrons. The van der Waals surface area contributed by atoms with Crippen LogP contribution in [0.5, 0.6) is 0 Å². The summed E-state index contributed by atoms with van der Waals surface area (Å²) in [5.74, 6) is 0.0470. The molecule has 1 fully saturated rings. The number of amides is 1. The predicted molar refractivity (Wildman–Crippen MR) is 113 cm³/mol. The van der Waals surface area contributed by atoms with Crippen molar-refractivity contribution in [2.75, 3.05) is 24.3 Å². The van der Waals surface area contributed by atoms with E-state index in [9.17, 15) is 4.79 Å². The predicted octanol–water partition coefficient (Wildman–Crippen LogP) is 4.85. The minimum Gasteiger partial charge on any atom is -0.378 e. The number of carbonyl (C=O) groups is 1. The highest BCUT2D eigenvalue weighted by Crippen LogP contribution is 2.49. The molecule has 0 unspecified atom stereocenters. The van der Waals surface area contributed by atoms with Crippen molar-refractivity contribution in [1.29, 1.82) is 0 Å². The Bertz CT molecular complexity index is 971. The molecule has 2 aromatic carbocycles. The third-order valence-corrected chi connectivity index (χ3v) is 6.20. The van der Waals surface area contributed by atoms with Crippen molar-refractivity contribution >= 4 is 28.1 Å². The Morgan fingerprint density at radius 2 is 1.81 bits per heavy atom. The Morgan fingerprint density at radius 1 is 1.11 bits per heavy atom. The Kier molecular flexibility index (Phi) is 4.48. The maximum absolute atomic E-state index is 13.0. The molecule has 1 aliphatic rings. The van der Waals surface area contributed by atoms with Gasteiger partial charge in [0.05, 0.1) is 10.3 Å². The molecule has 1 saturated carbocycles. The van der Waals surface area contributed by atoms with E-state index in [0.29, 0.717) is 5.13 Å². The average Bonchev–Trinajstić information content (AvgIpc) is 3.36. The number of anilines is 2. The summed E-state index contributed by atoms with van der Waals surface area (Å²) in [5.41, 5.74) is 4.19. The van der Waals surface area contributed by atoms with E-state index in [1.807, 2.05) is 32.4 Å². The molecule has 3 aromatic rings. The molecule has 0 bridgehead atoms. The van der Waals surface area contributed by atoms with E-state index in [1.165, 1.54) is 16.9 Å². The van der Waals surface area contributed by atoms with Crippen LogP contribution in [0.25, 0.3) is 10.4 Å². The number of rotatable bonds is 5. The van der Waals surface area contributed by atoms with E-state index in [2.05, 4.69) is 58.5 Å². The van der Waals surface area contributed by atoms with E-state index >= 15 is 0 Å². The molecular weight excluding hydrogens is 354 g/mol. The molecule has 4 nitrogen and oxygen atoms in total. The van der Waals surface area contributed by atoms with Crippen LogP contribution in [0.4, 0.5) is 10.8 Å². The van der Waals surface area contributed by atoms with Crippen molar-refractivity contribution in [3.63, 3.8) is 0 Å². The SMILES string of the molecule is Cc1ccccc1-c1cnc(NC(=O)C2(c3ccc(N(C)C)cc3)CC2)s1. The third kappa shape index (κ3) is 3.35. The molecular formula is C22H23N3OS. The van der Waals surface area contributed by atoms with Crippen molar-refractivity contribution in [3.8, 4) is 10.4 Å². The van der Waals surface area contributed by atoms with Crippen LogP contribution in [0.3, 0.4) is 0 Å². The molecule has 0 spiro atoms. The van der Waals surface area contributed by atoms with Crippen LogP contribution < -0.4 is 10.2 Å². The summed E-state index contributed by atoms with van der Waals surface area (Å²) in [4.78, 5) is 20.5. The fourth-order valence-corrected chi connectivity index (χ4v) is 4.27. The number of aryl methyl sites for hydroxylation is 1. The number of nitrogens with one attached hydrogen (secondary N) is 1. The molecule has 1 N–H and O–H groups in total. The van der Waals surface area contributed by atoms with Crippen molar-refractivity contribution < 1.29 is 4.79 Å². The lowest BCUT2D eigenvalue weighted by Gasteiger charge is -2.17. The van der Waals surface area contributed by atoms with Gasteiger partial charge in [0.15, 0.2) is 5.13 Å². The molecule has 5 heteroatoms. The van der Waals surface area contributed by atoms with Gasteiger partial charge in [-0.1, -0.05) is 47.7 Å². The van der Waals surface area contributed by atoms with Crippen LogP contribution in [0, 0.1) is 6.92 Å². The molecule has 0 atom stereocenters. The molecule has 1 aliphatic carbocycles. The highest BCUT2D eigenvalue weighted by atomic mass is 32.1. The fraction of sp³-hybridized carbons (Fsp3) is 0.273. The van der Waals surface area contributed by atoms with Crippen LogP contribution in [0.2, 0.25) is 0 Å². The first-order valence-corrected chi connectivity index (χ1v) is 9.92. The monoisotopic (exact) mass is 377 g/mol. The van der Waals surface area contributed by atoms with Gasteiger partial charge >= 0.3 is 0 Å². The summed E-state index contributed by atoms with van der Waals surface area (Å²) in [6.07, 6.45) is 3.61. The van der Waals surface area contributed by atoms with E-state index in [1.54, 1.807) is 0 Å². The van der Waals surface area contributed by atoms with Crippen LogP contribution in [0.15, 0.2) is 54.7 Å². The highest BCUT2D eigenvalue weighted by Gasteiger charge is 2.51. The number of carbonyl (C=O) groups excluding carboxylic acids is 1. The molecule has 27 heavy (non-hydrogen) atoms. The maximum Gasteiger partial charge on any atom is 0.236 e. The number of hydrogen-bond donors (Lipinski definition) is 1. The lowest BCUT2D eigenvalue weighted by atomic mass is 9.95. The molecule has 1 aromatic heterocycles. The summed E-state index contributed by atoms with van der Waals surface area (Å²) >= 11 is 1.52. The number of nitrogens with zero attached hydrogens (tertiary/aromatic N) is 2. The number of thiazole rings is 1. The van der Waals surface area contributed by atoms with E-state index in [0.717, 1.165) is 34.5 Å². The second kappa shape index (κ2) is 6.82. The third-order valence-electron chi connectivity index (χ3n) is 5.26. The van der Waals surface area contributed by atoms with Crippen LogP contribution >= 0.6 is 11.3 Å². The normalized spacial score (nSPS) is 14.6. The summed E-state index contributed by atoms with van der Waals surface area (Å²) < 4.78 is 0. The molecule has 1 amide bonds. The van der Waals surface area contributed by atoms with Crippen LogP contribution in [-0.4, -0.2) is 25.0 Å². The maximum atomic E-state index is 13.0. The molecule has 0 saturated heterocycles. The second-order valence-corrected chi connectivity index (χ2v) is 8.35. The van der Waals surface area contributed by atoms with Gasteiger partial charge in [-0.25, -0.2) is 4.98 Å². The minimum absolute atomic E-state index is 0.0470. The summed E-state index contributed by atoms with van der Waals surface area (Å²) in [6, 6.07) is 16.5. The van der Waals surface area contributed by atoms with E-state index in [-0.39, 0.29) is 5.91 Å². The van der Waals surface area contributed by atoms with Crippen LogP contribution in [0.1, 0.15) is 24.0 Å². The van der Waals surface area contributed by atoms with Gasteiger partial charge in [0.25, 0.3) is 0 Å². The zero-order valence-electron chi connectivity index (χ0n) is 15.8. The lowest BCUT2D eigenvalue weighted by molar-refractivity contribution is -0.118. The second-order valence-electron chi connectivity index (χ2n) is 7.32. The van der Waals surface area contributed by atoms with E-state index < -0.39 is 5.41 Å². The molecule has 1 heterocycles. The minimum atomic E-state index is -0.403. The zero-order chi connectivity index (χ0) is 19.0. The average molecular weight is 378 g/mol. The highest BCUT2D eigenvalue weighted by molar-refractivity contribution is 7.19.